The van der Waals surface area contributed by atoms with E-state index in [1.54, 1.807) is 13.8 Å². The van der Waals surface area contributed by atoms with E-state index in [0.717, 1.165) is 22.5 Å². The van der Waals surface area contributed by atoms with Crippen molar-refractivity contribution in [3.63, 3.8) is 0 Å². The largest absolute Gasteiger partial charge is 0.347 e. The zero-order chi connectivity index (χ0) is 38.3. The number of nitrogens with zero attached hydrogens (tertiary/aromatic N) is 4. The molecule has 3 heterocycles. The van der Waals surface area contributed by atoms with Crippen LogP contribution in [-0.2, 0) is 20.4 Å². The Balaban J connectivity index is 1.28. The Labute approximate surface area is 318 Å². The summed E-state index contributed by atoms with van der Waals surface area (Å²) >= 11 is 0. The predicted octanol–water partition coefficient (Wildman–Crippen LogP) is 9.69. The number of carbonyl (C=O) groups is 3. The third-order valence-electron chi connectivity index (χ3n) is 12.2. The summed E-state index contributed by atoms with van der Waals surface area (Å²) < 4.78 is 0. The lowest BCUT2D eigenvalue weighted by molar-refractivity contribution is -0.135. The van der Waals surface area contributed by atoms with Crippen molar-refractivity contribution >= 4 is 50.8 Å². The SMILES string of the molecule is CCN1C(=O)C(=C2/C(=C/C=C3/N(C)c4ccc5ccccc5c4C3(C)C)CC/C2=C\C=C2\N(C)c3ccc4ccccc4c3C2(C)C)C(=O)N(CC)C1=O. The van der Waals surface area contributed by atoms with E-state index >= 15 is 0 Å². The van der Waals surface area contributed by atoms with Crippen LogP contribution in [0.15, 0.2) is 131 Å². The molecule has 8 rings (SSSR count). The molecule has 4 aromatic rings. The average Bonchev–Trinajstić information content (AvgIpc) is 3.70. The highest BCUT2D eigenvalue weighted by molar-refractivity contribution is 6.30. The van der Waals surface area contributed by atoms with Crippen LogP contribution in [0, 0.1) is 0 Å². The standard InChI is InChI=1S/C47H48N4O3/c1-9-50-43(52)40(44(53)51(10-2)45(50)54)39-31(23-27-37-46(3,4)41-33-17-13-11-15-29(33)21-25-35(41)48(37)7)19-20-32(39)24-28-38-47(5,6)42-34-18-14-12-16-30(34)22-26-36(42)49(38)8/h11-18,21-28H,9-10,19-20H2,1-8H3/b31-23+,32-24+,37-27+,38-28+. The first-order valence-corrected chi connectivity index (χ1v) is 19.1. The van der Waals surface area contributed by atoms with Crippen molar-refractivity contribution in [2.45, 2.75) is 65.2 Å². The minimum absolute atomic E-state index is 0.0757. The van der Waals surface area contributed by atoms with Gasteiger partial charge in [0.2, 0.25) is 0 Å². The quantitative estimate of drug-likeness (QED) is 0.156. The third-order valence-corrected chi connectivity index (χ3v) is 12.2. The molecule has 4 amide bonds. The lowest BCUT2D eigenvalue weighted by atomic mass is 9.81. The highest BCUT2D eigenvalue weighted by atomic mass is 16.2. The molecule has 0 radical (unpaired) electrons. The van der Waals surface area contributed by atoms with Crippen LogP contribution in [0.2, 0.25) is 0 Å². The van der Waals surface area contributed by atoms with Crippen molar-refractivity contribution in [2.75, 3.05) is 37.0 Å². The number of fused-ring (bicyclic) bond motifs is 6. The summed E-state index contributed by atoms with van der Waals surface area (Å²) in [7, 11) is 4.22. The van der Waals surface area contributed by atoms with Gasteiger partial charge in [-0.05, 0) is 100 Å². The lowest BCUT2D eigenvalue weighted by Crippen LogP contribution is -2.56. The molecule has 54 heavy (non-hydrogen) atoms. The zero-order valence-corrected chi connectivity index (χ0v) is 32.6. The van der Waals surface area contributed by atoms with E-state index in [1.807, 2.05) is 0 Å². The van der Waals surface area contributed by atoms with E-state index in [1.165, 1.54) is 53.8 Å². The fraction of sp³-hybridized carbons (Fsp3) is 0.298. The average molecular weight is 717 g/mol. The van der Waals surface area contributed by atoms with E-state index in [-0.39, 0.29) is 29.5 Å². The fourth-order valence-electron chi connectivity index (χ4n) is 9.58. The van der Waals surface area contributed by atoms with Crippen LogP contribution < -0.4 is 9.80 Å². The summed E-state index contributed by atoms with van der Waals surface area (Å²) in [5.74, 6) is -1.05. The summed E-state index contributed by atoms with van der Waals surface area (Å²) in [5, 5.41) is 4.90. The second-order valence-electron chi connectivity index (χ2n) is 15.8. The Morgan fingerprint density at radius 1 is 0.556 bits per heavy atom. The Morgan fingerprint density at radius 3 is 1.37 bits per heavy atom. The molecule has 0 atom stereocenters. The summed E-state index contributed by atoms with van der Waals surface area (Å²) in [6.45, 7) is 13.0. The number of anilines is 2. The van der Waals surface area contributed by atoms with Gasteiger partial charge in [-0.2, -0.15) is 0 Å². The molecule has 1 saturated heterocycles. The molecule has 4 aromatic carbocycles. The molecule has 4 aliphatic rings. The first-order chi connectivity index (χ1) is 25.8. The minimum atomic E-state index is -0.559. The number of rotatable bonds is 4. The maximum absolute atomic E-state index is 14.2. The van der Waals surface area contributed by atoms with Crippen molar-refractivity contribution in [2.24, 2.45) is 0 Å². The summed E-state index contributed by atoms with van der Waals surface area (Å²) in [6.07, 6.45) is 9.87. The molecule has 3 aliphatic heterocycles. The number of imide groups is 2. The Bertz CT molecular complexity index is 2310. The van der Waals surface area contributed by atoms with Crippen LogP contribution >= 0.6 is 0 Å². The van der Waals surface area contributed by atoms with Gasteiger partial charge < -0.3 is 9.80 Å². The maximum atomic E-state index is 14.2. The van der Waals surface area contributed by atoms with Gasteiger partial charge in [-0.15, -0.1) is 0 Å². The molecule has 274 valence electrons. The normalized spacial score (nSPS) is 22.4. The monoisotopic (exact) mass is 716 g/mol. The molecule has 0 aromatic heterocycles. The maximum Gasteiger partial charge on any atom is 0.333 e. The Hall–Kier alpha value is -5.69. The molecular formula is C47H48N4O3. The van der Waals surface area contributed by atoms with E-state index < -0.39 is 17.8 Å². The number of likely N-dealkylation sites (N-methyl/N-ethyl adjacent to an activating group) is 4. The van der Waals surface area contributed by atoms with Crippen molar-refractivity contribution in [3.05, 3.63) is 142 Å². The minimum Gasteiger partial charge on any atom is -0.347 e. The number of allylic oxidation sites excluding steroid dienone is 9. The smallest absolute Gasteiger partial charge is 0.333 e. The van der Waals surface area contributed by atoms with E-state index in [0.29, 0.717) is 18.4 Å². The van der Waals surface area contributed by atoms with Gasteiger partial charge in [0, 0.05) is 60.8 Å². The highest BCUT2D eigenvalue weighted by Gasteiger charge is 2.45. The summed E-state index contributed by atoms with van der Waals surface area (Å²) in [5.41, 5.74) is 9.15. The zero-order valence-electron chi connectivity index (χ0n) is 32.6. The molecule has 0 unspecified atom stereocenters. The van der Waals surface area contributed by atoms with E-state index in [4.69, 9.17) is 0 Å². The molecule has 0 N–H and O–H groups in total. The predicted molar refractivity (Wildman–Crippen MR) is 220 cm³/mol. The fourth-order valence-corrected chi connectivity index (χ4v) is 9.58. The van der Waals surface area contributed by atoms with Gasteiger partial charge in [0.05, 0.1) is 0 Å². The van der Waals surface area contributed by atoms with Crippen LogP contribution in [0.3, 0.4) is 0 Å². The van der Waals surface area contributed by atoms with Gasteiger partial charge in [-0.1, -0.05) is 101 Å². The molecule has 0 spiro atoms. The second-order valence-corrected chi connectivity index (χ2v) is 15.8. The summed E-state index contributed by atoms with van der Waals surface area (Å²) in [6, 6.07) is 25.2. The first kappa shape index (κ1) is 35.3. The van der Waals surface area contributed by atoms with Crippen LogP contribution in [0.5, 0.6) is 0 Å². The van der Waals surface area contributed by atoms with E-state index in [2.05, 4.69) is 149 Å². The second kappa shape index (κ2) is 12.7. The van der Waals surface area contributed by atoms with Crippen LogP contribution in [0.25, 0.3) is 21.5 Å². The number of carbonyl (C=O) groups excluding carboxylic acids is 3. The molecule has 1 saturated carbocycles. The van der Waals surface area contributed by atoms with Crippen LogP contribution in [-0.4, -0.2) is 54.8 Å². The molecule has 1 aliphatic carbocycles. The molecular weight excluding hydrogens is 669 g/mol. The number of barbiturate groups is 1. The molecule has 2 fully saturated rings. The first-order valence-electron chi connectivity index (χ1n) is 19.1. The number of benzene rings is 4. The van der Waals surface area contributed by atoms with E-state index in [9.17, 15) is 14.4 Å². The van der Waals surface area contributed by atoms with Gasteiger partial charge in [-0.3, -0.25) is 19.4 Å². The van der Waals surface area contributed by atoms with Gasteiger partial charge in [0.25, 0.3) is 11.8 Å². The summed E-state index contributed by atoms with van der Waals surface area (Å²) in [4.78, 5) is 48.6. The van der Waals surface area contributed by atoms with Crippen molar-refractivity contribution < 1.29 is 14.4 Å². The highest BCUT2D eigenvalue weighted by Crippen LogP contribution is 2.52. The molecule has 7 heteroatoms. The third kappa shape index (κ3) is 5.04. The van der Waals surface area contributed by atoms with Crippen LogP contribution in [0.4, 0.5) is 16.2 Å². The number of hydrogen-bond donors (Lipinski definition) is 0. The van der Waals surface area contributed by atoms with Crippen molar-refractivity contribution in [1.29, 1.82) is 0 Å². The number of amides is 4. The van der Waals surface area contributed by atoms with Crippen molar-refractivity contribution in [1.82, 2.24) is 9.80 Å². The molecule has 0 bridgehead atoms. The Morgan fingerprint density at radius 2 is 0.963 bits per heavy atom. The Kier molecular flexibility index (Phi) is 8.33. The van der Waals surface area contributed by atoms with Gasteiger partial charge in [0.1, 0.15) is 5.57 Å². The topological polar surface area (TPSA) is 64.2 Å². The lowest BCUT2D eigenvalue weighted by Gasteiger charge is -2.33. The van der Waals surface area contributed by atoms with Gasteiger partial charge in [-0.25, -0.2) is 4.79 Å². The van der Waals surface area contributed by atoms with Gasteiger partial charge in [0.15, 0.2) is 0 Å². The number of hydrogen-bond acceptors (Lipinski definition) is 5. The van der Waals surface area contributed by atoms with Crippen LogP contribution in [0.1, 0.15) is 65.5 Å². The van der Waals surface area contributed by atoms with Crippen molar-refractivity contribution in [3.8, 4) is 0 Å². The van der Waals surface area contributed by atoms with Gasteiger partial charge >= 0.3 is 6.03 Å². The molecule has 7 nitrogen and oxygen atoms in total. The number of urea groups is 1.